The highest BCUT2D eigenvalue weighted by Crippen LogP contribution is 2.20. The van der Waals surface area contributed by atoms with Gasteiger partial charge in [-0.2, -0.15) is 10.2 Å². The molecule has 0 radical (unpaired) electrons. The molecule has 0 fully saturated rings. The molecule has 0 unspecified atom stereocenters. The zero-order valence-corrected chi connectivity index (χ0v) is 11.4. The van der Waals surface area contributed by atoms with E-state index >= 15 is 0 Å². The first kappa shape index (κ1) is 15.4. The van der Waals surface area contributed by atoms with Gasteiger partial charge in [0.2, 0.25) is 10.0 Å². The fourth-order valence-electron chi connectivity index (χ4n) is 1.58. The van der Waals surface area contributed by atoms with E-state index in [0.29, 0.717) is 5.69 Å². The molecule has 0 saturated carbocycles. The Labute approximate surface area is 119 Å². The number of nitrogens with zero attached hydrogens (tertiary/aromatic N) is 2. The number of rotatable bonds is 5. The fraction of sp³-hybridized carbons (Fsp3) is 0.167. The summed E-state index contributed by atoms with van der Waals surface area (Å²) in [6.45, 7) is -0.829. The van der Waals surface area contributed by atoms with Crippen LogP contribution in [0.4, 0.5) is 8.78 Å². The van der Waals surface area contributed by atoms with E-state index in [1.165, 1.54) is 12.3 Å². The Morgan fingerprint density at radius 1 is 1.29 bits per heavy atom. The van der Waals surface area contributed by atoms with Crippen molar-refractivity contribution >= 4 is 10.0 Å². The summed E-state index contributed by atoms with van der Waals surface area (Å²) >= 11 is 0. The molecule has 2 aromatic rings. The molecule has 1 aromatic heterocycles. The van der Waals surface area contributed by atoms with Crippen molar-refractivity contribution in [2.75, 3.05) is 0 Å². The van der Waals surface area contributed by atoms with E-state index in [4.69, 9.17) is 5.11 Å². The lowest BCUT2D eigenvalue weighted by atomic mass is 10.2. The Morgan fingerprint density at radius 3 is 2.67 bits per heavy atom. The third-order valence-corrected chi connectivity index (χ3v) is 4.00. The molecule has 21 heavy (non-hydrogen) atoms. The molecule has 0 aliphatic rings. The van der Waals surface area contributed by atoms with Crippen LogP contribution in [0, 0.1) is 11.6 Å². The molecule has 0 saturated heterocycles. The molecule has 0 aliphatic carbocycles. The van der Waals surface area contributed by atoms with Gasteiger partial charge in [-0.25, -0.2) is 21.9 Å². The second kappa shape index (κ2) is 6.20. The van der Waals surface area contributed by atoms with Gasteiger partial charge in [0.1, 0.15) is 4.90 Å². The van der Waals surface area contributed by atoms with Crippen LogP contribution in [-0.2, 0) is 23.2 Å². The predicted molar refractivity (Wildman–Crippen MR) is 68.3 cm³/mol. The summed E-state index contributed by atoms with van der Waals surface area (Å²) < 4.78 is 53.0. The number of sulfonamides is 1. The van der Waals surface area contributed by atoms with Gasteiger partial charge in [0.15, 0.2) is 11.6 Å². The molecule has 9 heteroatoms. The lowest BCUT2D eigenvalue weighted by Crippen LogP contribution is -2.25. The number of aliphatic hydroxyl groups is 1. The monoisotopic (exact) mass is 315 g/mol. The minimum atomic E-state index is -4.29. The highest BCUT2D eigenvalue weighted by molar-refractivity contribution is 7.89. The molecule has 1 aromatic carbocycles. The quantitative estimate of drug-likeness (QED) is 0.848. The average molecular weight is 315 g/mol. The van der Waals surface area contributed by atoms with Gasteiger partial charge in [0.25, 0.3) is 0 Å². The maximum absolute atomic E-state index is 13.6. The molecule has 0 atom stereocenters. The molecular weight excluding hydrogens is 304 g/mol. The van der Waals surface area contributed by atoms with Crippen LogP contribution in [0.25, 0.3) is 0 Å². The van der Waals surface area contributed by atoms with Crippen LogP contribution in [0.2, 0.25) is 0 Å². The Kier molecular flexibility index (Phi) is 4.56. The molecule has 0 bridgehead atoms. The van der Waals surface area contributed by atoms with Gasteiger partial charge in [-0.05, 0) is 29.8 Å². The fourth-order valence-corrected chi connectivity index (χ4v) is 2.71. The molecule has 0 aliphatic heterocycles. The highest BCUT2D eigenvalue weighted by Gasteiger charge is 2.23. The Bertz CT molecular complexity index is 739. The summed E-state index contributed by atoms with van der Waals surface area (Å²) in [6, 6.07) is 4.69. The molecule has 1 heterocycles. The zero-order valence-electron chi connectivity index (χ0n) is 10.6. The van der Waals surface area contributed by atoms with Crippen molar-refractivity contribution < 1.29 is 22.3 Å². The second-order valence-electron chi connectivity index (χ2n) is 4.09. The van der Waals surface area contributed by atoms with Crippen molar-refractivity contribution in [1.29, 1.82) is 0 Å². The number of aromatic nitrogens is 2. The smallest absolute Gasteiger partial charge is 0.243 e. The van der Waals surface area contributed by atoms with Crippen molar-refractivity contribution in [2.45, 2.75) is 18.0 Å². The lowest BCUT2D eigenvalue weighted by molar-refractivity contribution is 0.280. The van der Waals surface area contributed by atoms with E-state index < -0.39 is 33.2 Å². The first-order valence-electron chi connectivity index (χ1n) is 5.79. The molecule has 0 spiro atoms. The Morgan fingerprint density at radius 2 is 2.05 bits per heavy atom. The van der Waals surface area contributed by atoms with E-state index in [1.54, 1.807) is 6.07 Å². The minimum absolute atomic E-state index is 0.0474. The SMILES string of the molecule is O=S(=O)(NCc1cccnn1)c1cc(CO)cc(F)c1F. The first-order chi connectivity index (χ1) is 9.94. The zero-order chi connectivity index (χ0) is 15.5. The summed E-state index contributed by atoms with van der Waals surface area (Å²) in [6.07, 6.45) is 1.41. The third-order valence-electron chi connectivity index (χ3n) is 2.60. The molecule has 2 N–H and O–H groups in total. The van der Waals surface area contributed by atoms with Crippen molar-refractivity contribution in [1.82, 2.24) is 14.9 Å². The molecule has 112 valence electrons. The minimum Gasteiger partial charge on any atom is -0.392 e. The number of nitrogens with one attached hydrogen (secondary N) is 1. The van der Waals surface area contributed by atoms with Crippen LogP contribution < -0.4 is 4.72 Å². The van der Waals surface area contributed by atoms with Crippen LogP contribution in [0.5, 0.6) is 0 Å². The van der Waals surface area contributed by atoms with Gasteiger partial charge in [-0.15, -0.1) is 0 Å². The number of halogens is 2. The summed E-state index contributed by atoms with van der Waals surface area (Å²) in [5.41, 5.74) is 0.272. The summed E-state index contributed by atoms with van der Waals surface area (Å²) in [7, 11) is -4.29. The standard InChI is InChI=1S/C12H11F2N3O3S/c13-10-4-8(7-18)5-11(12(10)14)21(19,20)16-6-9-2-1-3-15-17-9/h1-5,16,18H,6-7H2. The number of aliphatic hydroxyl groups excluding tert-OH is 1. The van der Waals surface area contributed by atoms with E-state index in [9.17, 15) is 17.2 Å². The van der Waals surface area contributed by atoms with Crippen LogP contribution >= 0.6 is 0 Å². The van der Waals surface area contributed by atoms with E-state index in [1.807, 2.05) is 0 Å². The van der Waals surface area contributed by atoms with Crippen molar-refractivity contribution in [3.63, 3.8) is 0 Å². The van der Waals surface area contributed by atoms with Gasteiger partial charge in [0, 0.05) is 6.20 Å². The summed E-state index contributed by atoms with van der Waals surface area (Å²) in [5.74, 6) is -2.85. The number of hydrogen-bond donors (Lipinski definition) is 2. The van der Waals surface area contributed by atoms with Crippen molar-refractivity contribution in [3.8, 4) is 0 Å². The van der Waals surface area contributed by atoms with Gasteiger partial charge < -0.3 is 5.11 Å². The molecule has 0 amide bonds. The second-order valence-corrected chi connectivity index (χ2v) is 5.82. The predicted octanol–water partition coefficient (Wildman–Crippen LogP) is 0.726. The Hall–Kier alpha value is -1.97. The highest BCUT2D eigenvalue weighted by atomic mass is 32.2. The third kappa shape index (κ3) is 3.57. The molecule has 6 nitrogen and oxygen atoms in total. The number of hydrogen-bond acceptors (Lipinski definition) is 5. The molecular formula is C12H11F2N3O3S. The van der Waals surface area contributed by atoms with Crippen LogP contribution in [0.1, 0.15) is 11.3 Å². The molecule has 2 rings (SSSR count). The van der Waals surface area contributed by atoms with Crippen molar-refractivity contribution in [3.05, 3.63) is 53.4 Å². The average Bonchev–Trinajstić information content (AvgIpc) is 2.48. The van der Waals surface area contributed by atoms with Crippen LogP contribution in [0.15, 0.2) is 35.4 Å². The Balaban J connectivity index is 2.29. The summed E-state index contributed by atoms with van der Waals surface area (Å²) in [5, 5.41) is 16.2. The van der Waals surface area contributed by atoms with E-state index in [0.717, 1.165) is 12.1 Å². The van der Waals surface area contributed by atoms with E-state index in [-0.39, 0.29) is 12.1 Å². The van der Waals surface area contributed by atoms with Gasteiger partial charge in [-0.1, -0.05) is 0 Å². The van der Waals surface area contributed by atoms with Gasteiger partial charge in [0.05, 0.1) is 18.8 Å². The normalized spacial score (nSPS) is 11.6. The van der Waals surface area contributed by atoms with Crippen molar-refractivity contribution in [2.24, 2.45) is 0 Å². The summed E-state index contributed by atoms with van der Waals surface area (Å²) in [4.78, 5) is -0.865. The topological polar surface area (TPSA) is 92.2 Å². The maximum Gasteiger partial charge on any atom is 0.243 e. The number of benzene rings is 1. The van der Waals surface area contributed by atoms with Crippen LogP contribution in [0.3, 0.4) is 0 Å². The van der Waals surface area contributed by atoms with Gasteiger partial charge in [-0.3, -0.25) is 0 Å². The van der Waals surface area contributed by atoms with E-state index in [2.05, 4.69) is 14.9 Å². The van der Waals surface area contributed by atoms with Gasteiger partial charge >= 0.3 is 0 Å². The maximum atomic E-state index is 13.6. The first-order valence-corrected chi connectivity index (χ1v) is 7.27. The van der Waals surface area contributed by atoms with Crippen LogP contribution in [-0.4, -0.2) is 23.7 Å². The lowest BCUT2D eigenvalue weighted by Gasteiger charge is -2.09. The largest absolute Gasteiger partial charge is 0.392 e.